The second kappa shape index (κ2) is 6.31. The lowest BCUT2D eigenvalue weighted by Gasteiger charge is -2.04. The molecule has 1 aromatic heterocycles. The number of rotatable bonds is 5. The molecule has 0 spiro atoms. The lowest BCUT2D eigenvalue weighted by molar-refractivity contribution is 0.102. The molecule has 2 aromatic rings. The number of primary sulfonamides is 1. The molecule has 112 valence electrons. The van der Waals surface area contributed by atoms with E-state index in [1.54, 1.807) is 29.6 Å². The van der Waals surface area contributed by atoms with Crippen LogP contribution in [0, 0.1) is 0 Å². The van der Waals surface area contributed by atoms with Gasteiger partial charge in [0.2, 0.25) is 10.0 Å². The number of sulfonamides is 1. The van der Waals surface area contributed by atoms with Crippen molar-refractivity contribution in [2.75, 3.05) is 5.32 Å². The van der Waals surface area contributed by atoms with E-state index >= 15 is 0 Å². The summed E-state index contributed by atoms with van der Waals surface area (Å²) in [6.45, 7) is 0.292. The maximum atomic E-state index is 11.9. The van der Waals surface area contributed by atoms with Gasteiger partial charge < -0.3 is 11.1 Å². The lowest BCUT2D eigenvalue weighted by atomic mass is 10.2. The maximum Gasteiger partial charge on any atom is 0.275 e. The number of aromatic nitrogens is 1. The lowest BCUT2D eigenvalue weighted by Crippen LogP contribution is -2.15. The molecule has 0 bridgehead atoms. The Kier molecular flexibility index (Phi) is 4.68. The van der Waals surface area contributed by atoms with Crippen LogP contribution in [-0.2, 0) is 22.3 Å². The number of nitrogens with one attached hydrogen (secondary N) is 1. The van der Waals surface area contributed by atoms with Crippen molar-refractivity contribution in [3.8, 4) is 0 Å². The molecular weight excluding hydrogens is 312 g/mol. The van der Waals surface area contributed by atoms with Gasteiger partial charge in [-0.1, -0.05) is 12.1 Å². The number of benzene rings is 1. The van der Waals surface area contributed by atoms with Gasteiger partial charge in [0.15, 0.2) is 0 Å². The quantitative estimate of drug-likeness (QED) is 0.743. The summed E-state index contributed by atoms with van der Waals surface area (Å²) in [5, 5.41) is 9.95. The maximum absolute atomic E-state index is 11.9. The molecule has 9 heteroatoms. The topological polar surface area (TPSA) is 128 Å². The van der Waals surface area contributed by atoms with Gasteiger partial charge in [0.25, 0.3) is 5.91 Å². The number of hydrogen-bond donors (Lipinski definition) is 3. The first-order valence-electron chi connectivity index (χ1n) is 5.92. The third-order valence-corrected chi connectivity index (χ3v) is 4.15. The first kappa shape index (κ1) is 15.6. The Labute approximate surface area is 126 Å². The fraction of sp³-hybridized carbons (Fsp3) is 0.167. The third-order valence-electron chi connectivity index (χ3n) is 2.54. The minimum atomic E-state index is -3.56. The molecule has 0 radical (unpaired) electrons. The summed E-state index contributed by atoms with van der Waals surface area (Å²) < 4.78 is 21.9. The highest BCUT2D eigenvalue weighted by Gasteiger charge is 2.11. The van der Waals surface area contributed by atoms with Crippen molar-refractivity contribution in [2.24, 2.45) is 10.9 Å². The van der Waals surface area contributed by atoms with Crippen molar-refractivity contribution in [3.63, 3.8) is 0 Å². The molecule has 7 nitrogen and oxygen atoms in total. The Hall–Kier alpha value is -1.81. The van der Waals surface area contributed by atoms with Crippen LogP contribution in [0.15, 0.2) is 29.6 Å². The number of thiazole rings is 1. The number of amides is 1. The minimum Gasteiger partial charge on any atom is -0.325 e. The van der Waals surface area contributed by atoms with E-state index in [9.17, 15) is 13.2 Å². The number of carbonyl (C=O) groups excluding carboxylic acids is 1. The Balaban J connectivity index is 2.04. The molecule has 2 rings (SSSR count). The molecule has 21 heavy (non-hydrogen) atoms. The van der Waals surface area contributed by atoms with E-state index in [0.717, 1.165) is 0 Å². The van der Waals surface area contributed by atoms with E-state index in [4.69, 9.17) is 10.9 Å². The van der Waals surface area contributed by atoms with Crippen LogP contribution in [-0.4, -0.2) is 19.3 Å². The molecule has 0 saturated carbocycles. The van der Waals surface area contributed by atoms with Crippen LogP contribution in [0.3, 0.4) is 0 Å². The van der Waals surface area contributed by atoms with Crippen molar-refractivity contribution in [1.29, 1.82) is 0 Å². The Bertz CT molecular complexity index is 738. The average molecular weight is 326 g/mol. The number of hydrogen-bond acceptors (Lipinski definition) is 6. The van der Waals surface area contributed by atoms with E-state index < -0.39 is 10.0 Å². The molecule has 5 N–H and O–H groups in total. The van der Waals surface area contributed by atoms with Crippen LogP contribution < -0.4 is 16.2 Å². The molecule has 0 unspecified atom stereocenters. The Morgan fingerprint density at radius 3 is 2.48 bits per heavy atom. The summed E-state index contributed by atoms with van der Waals surface area (Å²) in [5.41, 5.74) is 6.83. The van der Waals surface area contributed by atoms with Gasteiger partial charge in [-0.05, 0) is 17.7 Å². The fourth-order valence-electron chi connectivity index (χ4n) is 1.62. The summed E-state index contributed by atoms with van der Waals surface area (Å²) >= 11 is 1.32. The van der Waals surface area contributed by atoms with Crippen molar-refractivity contribution in [3.05, 3.63) is 45.9 Å². The predicted molar refractivity (Wildman–Crippen MR) is 81.2 cm³/mol. The van der Waals surface area contributed by atoms with Crippen LogP contribution in [0.2, 0.25) is 0 Å². The molecule has 0 aliphatic heterocycles. The number of carbonyl (C=O) groups is 1. The summed E-state index contributed by atoms with van der Waals surface area (Å²) in [6, 6.07) is 6.39. The SMILES string of the molecule is NCc1nc(C(=O)Nc2ccc(CS(N)(=O)=O)cc2)cs1. The zero-order valence-electron chi connectivity index (χ0n) is 10.9. The highest BCUT2D eigenvalue weighted by atomic mass is 32.2. The molecular formula is C12H14N4O3S2. The van der Waals surface area contributed by atoms with E-state index in [1.165, 1.54) is 11.3 Å². The largest absolute Gasteiger partial charge is 0.325 e. The van der Waals surface area contributed by atoms with Crippen LogP contribution in [0.4, 0.5) is 5.69 Å². The van der Waals surface area contributed by atoms with Crippen molar-refractivity contribution in [2.45, 2.75) is 12.3 Å². The molecule has 0 aliphatic carbocycles. The van der Waals surface area contributed by atoms with Crippen LogP contribution in [0.5, 0.6) is 0 Å². The average Bonchev–Trinajstić information content (AvgIpc) is 2.88. The van der Waals surface area contributed by atoms with Gasteiger partial charge in [0.1, 0.15) is 10.7 Å². The first-order chi connectivity index (χ1) is 9.87. The van der Waals surface area contributed by atoms with E-state index in [2.05, 4.69) is 10.3 Å². The van der Waals surface area contributed by atoms with Gasteiger partial charge in [-0.25, -0.2) is 18.5 Å². The summed E-state index contributed by atoms with van der Waals surface area (Å²) in [5.74, 6) is -0.585. The van der Waals surface area contributed by atoms with Crippen LogP contribution in [0.25, 0.3) is 0 Å². The first-order valence-corrected chi connectivity index (χ1v) is 8.52. The molecule has 0 saturated heterocycles. The summed E-state index contributed by atoms with van der Waals surface area (Å²) in [7, 11) is -3.56. The molecule has 0 aliphatic rings. The smallest absolute Gasteiger partial charge is 0.275 e. The van der Waals surface area contributed by atoms with Gasteiger partial charge in [-0.3, -0.25) is 4.79 Å². The van der Waals surface area contributed by atoms with Gasteiger partial charge in [-0.2, -0.15) is 0 Å². The number of nitrogens with two attached hydrogens (primary N) is 2. The van der Waals surface area contributed by atoms with Gasteiger partial charge in [-0.15, -0.1) is 11.3 Å². The highest BCUT2D eigenvalue weighted by molar-refractivity contribution is 7.88. The highest BCUT2D eigenvalue weighted by Crippen LogP contribution is 2.14. The monoisotopic (exact) mass is 326 g/mol. The number of anilines is 1. The molecule has 0 fully saturated rings. The number of nitrogens with zero attached hydrogens (tertiary/aromatic N) is 1. The second-order valence-corrected chi connectivity index (χ2v) is 6.85. The molecule has 1 amide bonds. The fourth-order valence-corrected chi connectivity index (χ4v) is 2.93. The summed E-state index contributed by atoms with van der Waals surface area (Å²) in [4.78, 5) is 16.0. The van der Waals surface area contributed by atoms with Crippen LogP contribution in [0.1, 0.15) is 21.1 Å². The van der Waals surface area contributed by atoms with Crippen molar-refractivity contribution >= 4 is 33.0 Å². The van der Waals surface area contributed by atoms with Gasteiger partial charge in [0.05, 0.1) is 5.75 Å². The summed E-state index contributed by atoms with van der Waals surface area (Å²) in [6.07, 6.45) is 0. The Morgan fingerprint density at radius 1 is 1.29 bits per heavy atom. The Morgan fingerprint density at radius 2 is 1.95 bits per heavy atom. The molecule has 0 atom stereocenters. The molecule has 1 aromatic carbocycles. The van der Waals surface area contributed by atoms with Crippen molar-refractivity contribution in [1.82, 2.24) is 4.98 Å². The zero-order chi connectivity index (χ0) is 15.5. The normalized spacial score (nSPS) is 11.3. The standard InChI is InChI=1S/C12H14N4O3S2/c13-5-11-16-10(6-20-11)12(17)15-9-3-1-8(2-4-9)7-21(14,18)19/h1-4,6H,5,7,13H2,(H,15,17)(H2,14,18,19). The zero-order valence-corrected chi connectivity index (χ0v) is 12.6. The van der Waals surface area contributed by atoms with Crippen molar-refractivity contribution < 1.29 is 13.2 Å². The van der Waals surface area contributed by atoms with Gasteiger partial charge >= 0.3 is 0 Å². The van der Waals surface area contributed by atoms with E-state index in [0.29, 0.717) is 28.5 Å². The van der Waals surface area contributed by atoms with E-state index in [1.807, 2.05) is 0 Å². The second-order valence-electron chi connectivity index (χ2n) is 4.29. The molecule has 1 heterocycles. The van der Waals surface area contributed by atoms with E-state index in [-0.39, 0.29) is 11.7 Å². The van der Waals surface area contributed by atoms with Crippen LogP contribution >= 0.6 is 11.3 Å². The predicted octanol–water partition coefficient (Wildman–Crippen LogP) is 0.643. The van der Waals surface area contributed by atoms with Gasteiger partial charge in [0, 0.05) is 17.6 Å². The third kappa shape index (κ3) is 4.60. The minimum absolute atomic E-state index is 0.243.